The van der Waals surface area contributed by atoms with E-state index in [4.69, 9.17) is 16.3 Å². The molecule has 3 aromatic carbocycles. The molecule has 1 saturated heterocycles. The first kappa shape index (κ1) is 27.3. The molecule has 1 atom stereocenters. The third kappa shape index (κ3) is 6.48. The molecule has 1 aliphatic heterocycles. The van der Waals surface area contributed by atoms with Gasteiger partial charge in [0, 0.05) is 67.7 Å². The Morgan fingerprint density at radius 1 is 1.08 bits per heavy atom. The molecule has 204 valence electrons. The summed E-state index contributed by atoms with van der Waals surface area (Å²) in [7, 11) is 4.01. The number of carbonyl (C=O) groups is 1. The Morgan fingerprint density at radius 3 is 2.64 bits per heavy atom. The molecule has 0 bridgehead atoms. The Morgan fingerprint density at radius 2 is 1.85 bits per heavy atom. The number of benzene rings is 3. The zero-order chi connectivity index (χ0) is 27.4. The van der Waals surface area contributed by atoms with Crippen LogP contribution in [0.15, 0.2) is 79.0 Å². The summed E-state index contributed by atoms with van der Waals surface area (Å²) in [4.78, 5) is 18.0. The lowest BCUT2D eigenvalue weighted by Gasteiger charge is -2.43. The van der Waals surface area contributed by atoms with E-state index in [-0.39, 0.29) is 11.3 Å². The summed E-state index contributed by atoms with van der Waals surface area (Å²) in [5.41, 5.74) is 4.42. The van der Waals surface area contributed by atoms with Crippen molar-refractivity contribution in [2.24, 2.45) is 12.5 Å². The number of fused-ring (bicyclic) bond motifs is 1. The minimum absolute atomic E-state index is 0.154. The molecule has 1 aliphatic rings. The molecular weight excluding hydrogens is 506 g/mol. The molecule has 0 spiro atoms. The number of rotatable bonds is 9. The van der Waals surface area contributed by atoms with E-state index in [1.165, 1.54) is 16.5 Å². The molecular formula is C33H38ClN3O2. The first-order valence-corrected chi connectivity index (χ1v) is 14.1. The van der Waals surface area contributed by atoms with Crippen LogP contribution in [0.5, 0.6) is 5.75 Å². The highest BCUT2D eigenvalue weighted by Crippen LogP contribution is 2.37. The van der Waals surface area contributed by atoms with Crippen molar-refractivity contribution in [1.82, 2.24) is 14.4 Å². The second-order valence-corrected chi connectivity index (χ2v) is 11.6. The predicted octanol–water partition coefficient (Wildman–Crippen LogP) is 6.85. The summed E-state index contributed by atoms with van der Waals surface area (Å²) < 4.78 is 8.60. The number of amides is 1. The number of halogens is 1. The summed E-state index contributed by atoms with van der Waals surface area (Å²) in [5.74, 6) is 0.953. The number of piperidine rings is 1. The molecule has 0 radical (unpaired) electrons. The van der Waals surface area contributed by atoms with Crippen molar-refractivity contribution in [3.8, 4) is 5.75 Å². The van der Waals surface area contributed by atoms with Gasteiger partial charge in [0.15, 0.2) is 0 Å². The standard InChI is InChI=1S/C33H38ClN3O2/c1-25-18-28(14-15-30(25)34)39-24-33(19-32(38)36(3)20-26-10-5-4-6-11-26)16-9-17-37(23-33)22-27-21-35(2)31-13-8-7-12-29(27)31/h4-8,10-15,18,21H,9,16-17,19-20,22-24H2,1-3H3/t33-/m1/s1. The average molecular weight is 544 g/mol. The first-order valence-electron chi connectivity index (χ1n) is 13.7. The lowest BCUT2D eigenvalue weighted by molar-refractivity contribution is -0.135. The van der Waals surface area contributed by atoms with E-state index in [0.717, 1.165) is 54.4 Å². The Kier molecular flexibility index (Phi) is 8.29. The largest absolute Gasteiger partial charge is 0.493 e. The molecule has 0 unspecified atom stereocenters. The van der Waals surface area contributed by atoms with E-state index in [2.05, 4.69) is 59.1 Å². The van der Waals surface area contributed by atoms with Gasteiger partial charge in [-0.25, -0.2) is 0 Å². The fourth-order valence-electron chi connectivity index (χ4n) is 5.90. The van der Waals surface area contributed by atoms with Crippen LogP contribution in [0.2, 0.25) is 5.02 Å². The van der Waals surface area contributed by atoms with Crippen molar-refractivity contribution in [2.75, 3.05) is 26.7 Å². The zero-order valence-corrected chi connectivity index (χ0v) is 24.0. The fraction of sp³-hybridized carbons (Fsp3) is 0.364. The molecule has 5 nitrogen and oxygen atoms in total. The van der Waals surface area contributed by atoms with Gasteiger partial charge in [0.25, 0.3) is 0 Å². The van der Waals surface area contributed by atoms with E-state index in [0.29, 0.717) is 19.6 Å². The fourth-order valence-corrected chi connectivity index (χ4v) is 6.01. The van der Waals surface area contributed by atoms with Crippen molar-refractivity contribution in [3.63, 3.8) is 0 Å². The number of nitrogens with zero attached hydrogens (tertiary/aromatic N) is 3. The van der Waals surface area contributed by atoms with Crippen molar-refractivity contribution < 1.29 is 9.53 Å². The summed E-state index contributed by atoms with van der Waals surface area (Å²) in [6, 6.07) is 24.5. The number of hydrogen-bond donors (Lipinski definition) is 0. The van der Waals surface area contributed by atoms with Gasteiger partial charge in [0.05, 0.1) is 6.61 Å². The summed E-state index contributed by atoms with van der Waals surface area (Å²) in [5, 5.41) is 2.02. The maximum atomic E-state index is 13.6. The third-order valence-electron chi connectivity index (χ3n) is 8.00. The minimum atomic E-state index is -0.279. The van der Waals surface area contributed by atoms with Gasteiger partial charge >= 0.3 is 0 Å². The molecule has 1 amide bonds. The van der Waals surface area contributed by atoms with Crippen LogP contribution in [0.3, 0.4) is 0 Å². The predicted molar refractivity (Wildman–Crippen MR) is 159 cm³/mol. The van der Waals surface area contributed by atoms with E-state index in [1.54, 1.807) is 0 Å². The summed E-state index contributed by atoms with van der Waals surface area (Å²) >= 11 is 6.25. The van der Waals surface area contributed by atoms with Crippen LogP contribution in [0.25, 0.3) is 10.9 Å². The highest BCUT2D eigenvalue weighted by molar-refractivity contribution is 6.31. The normalized spacial score (nSPS) is 17.8. The smallest absolute Gasteiger partial charge is 0.223 e. The van der Waals surface area contributed by atoms with Gasteiger partial charge in [0.1, 0.15) is 5.75 Å². The molecule has 39 heavy (non-hydrogen) atoms. The number of aromatic nitrogens is 1. The van der Waals surface area contributed by atoms with Crippen LogP contribution in [-0.2, 0) is 24.9 Å². The third-order valence-corrected chi connectivity index (χ3v) is 8.43. The van der Waals surface area contributed by atoms with Gasteiger partial charge in [-0.2, -0.15) is 0 Å². The second-order valence-electron chi connectivity index (χ2n) is 11.2. The highest BCUT2D eigenvalue weighted by Gasteiger charge is 2.39. The molecule has 0 N–H and O–H groups in total. The molecule has 5 rings (SSSR count). The monoisotopic (exact) mass is 543 g/mol. The van der Waals surface area contributed by atoms with E-state index in [9.17, 15) is 4.79 Å². The van der Waals surface area contributed by atoms with Crippen LogP contribution < -0.4 is 4.74 Å². The number of para-hydroxylation sites is 1. The van der Waals surface area contributed by atoms with E-state index in [1.807, 2.05) is 55.3 Å². The number of hydrogen-bond acceptors (Lipinski definition) is 3. The van der Waals surface area contributed by atoms with Crippen LogP contribution >= 0.6 is 11.6 Å². The number of likely N-dealkylation sites (tertiary alicyclic amines) is 1. The van der Waals surface area contributed by atoms with Gasteiger partial charge in [-0.1, -0.05) is 60.1 Å². The number of carbonyl (C=O) groups excluding carboxylic acids is 1. The second kappa shape index (κ2) is 11.8. The highest BCUT2D eigenvalue weighted by atomic mass is 35.5. The van der Waals surface area contributed by atoms with Crippen molar-refractivity contribution in [1.29, 1.82) is 0 Å². The first-order chi connectivity index (χ1) is 18.8. The summed E-state index contributed by atoms with van der Waals surface area (Å²) in [6.45, 7) is 5.77. The molecule has 4 aromatic rings. The molecule has 1 fully saturated rings. The van der Waals surface area contributed by atoms with E-state index >= 15 is 0 Å². The molecule has 0 aliphatic carbocycles. The van der Waals surface area contributed by atoms with Crippen LogP contribution in [0.1, 0.15) is 36.0 Å². The zero-order valence-electron chi connectivity index (χ0n) is 23.2. The van der Waals surface area contributed by atoms with Gasteiger partial charge < -0.3 is 14.2 Å². The lowest BCUT2D eigenvalue weighted by Crippen LogP contribution is -2.48. The number of ether oxygens (including phenoxy) is 1. The van der Waals surface area contributed by atoms with Gasteiger partial charge in [-0.15, -0.1) is 0 Å². The Labute approximate surface area is 236 Å². The Balaban J connectivity index is 1.35. The molecule has 2 heterocycles. The molecule has 6 heteroatoms. The van der Waals surface area contributed by atoms with Crippen molar-refractivity contribution >= 4 is 28.4 Å². The topological polar surface area (TPSA) is 37.7 Å². The molecule has 0 saturated carbocycles. The number of aryl methyl sites for hydroxylation is 2. The van der Waals surface area contributed by atoms with Gasteiger partial charge in [0.2, 0.25) is 5.91 Å². The van der Waals surface area contributed by atoms with Crippen LogP contribution in [0, 0.1) is 12.3 Å². The van der Waals surface area contributed by atoms with Crippen molar-refractivity contribution in [2.45, 2.75) is 39.3 Å². The van der Waals surface area contributed by atoms with Crippen LogP contribution in [0.4, 0.5) is 0 Å². The van der Waals surface area contributed by atoms with E-state index < -0.39 is 0 Å². The SMILES string of the molecule is Cc1cc(OC[C@@]2(CC(=O)N(C)Cc3ccccc3)CCCN(Cc3cn(C)c4ccccc34)C2)ccc1Cl. The maximum Gasteiger partial charge on any atom is 0.223 e. The lowest BCUT2D eigenvalue weighted by atomic mass is 9.77. The molecule has 1 aromatic heterocycles. The maximum absolute atomic E-state index is 13.6. The quantitative estimate of drug-likeness (QED) is 0.232. The average Bonchev–Trinajstić information content (AvgIpc) is 3.25. The minimum Gasteiger partial charge on any atom is -0.493 e. The Hall–Kier alpha value is -3.28. The Bertz CT molecular complexity index is 1430. The van der Waals surface area contributed by atoms with Crippen LogP contribution in [-0.4, -0.2) is 47.0 Å². The van der Waals surface area contributed by atoms with Gasteiger partial charge in [-0.3, -0.25) is 9.69 Å². The summed E-state index contributed by atoms with van der Waals surface area (Å²) in [6.07, 6.45) is 4.68. The van der Waals surface area contributed by atoms with Gasteiger partial charge in [-0.05, 0) is 67.3 Å². The van der Waals surface area contributed by atoms with Crippen molar-refractivity contribution in [3.05, 3.63) is 101 Å².